The molecular formula is C23H19N7O2. The van der Waals surface area contributed by atoms with E-state index in [9.17, 15) is 9.90 Å². The van der Waals surface area contributed by atoms with E-state index in [4.69, 9.17) is 0 Å². The van der Waals surface area contributed by atoms with Crippen LogP contribution < -0.4 is 10.6 Å². The predicted molar refractivity (Wildman–Crippen MR) is 121 cm³/mol. The van der Waals surface area contributed by atoms with E-state index < -0.39 is 5.97 Å². The first kappa shape index (κ1) is 20.6. The van der Waals surface area contributed by atoms with Gasteiger partial charge in [0.25, 0.3) is 5.95 Å². The highest BCUT2D eigenvalue weighted by Gasteiger charge is 2.10. The molecule has 4 rings (SSSR count). The summed E-state index contributed by atoms with van der Waals surface area (Å²) in [5.74, 6) is -0.335. The monoisotopic (exact) mass is 425 g/mol. The van der Waals surface area contributed by atoms with Crippen LogP contribution in [0.15, 0.2) is 95.2 Å². The number of aromatic nitrogens is 3. The molecule has 3 aromatic carbocycles. The third-order valence-corrected chi connectivity index (χ3v) is 4.33. The van der Waals surface area contributed by atoms with Crippen molar-refractivity contribution in [3.05, 3.63) is 96.1 Å². The van der Waals surface area contributed by atoms with E-state index in [1.54, 1.807) is 18.2 Å². The van der Waals surface area contributed by atoms with Gasteiger partial charge in [0.2, 0.25) is 11.9 Å². The van der Waals surface area contributed by atoms with E-state index in [0.29, 0.717) is 17.5 Å². The van der Waals surface area contributed by atoms with Gasteiger partial charge < -0.3 is 15.7 Å². The average molecular weight is 425 g/mol. The number of hydrogen-bond acceptors (Lipinski definition) is 8. The highest BCUT2D eigenvalue weighted by atomic mass is 16.4. The number of nitrogens with one attached hydrogen (secondary N) is 2. The van der Waals surface area contributed by atoms with Gasteiger partial charge in [0.15, 0.2) is 0 Å². The fraction of sp³-hybridized carbons (Fsp3) is 0.0435. The number of carbonyl (C=O) groups is 1. The molecule has 0 aliphatic rings. The third kappa shape index (κ3) is 5.48. The van der Waals surface area contributed by atoms with Crippen molar-refractivity contribution in [3.63, 3.8) is 0 Å². The molecule has 0 spiro atoms. The van der Waals surface area contributed by atoms with E-state index >= 15 is 0 Å². The smallest absolute Gasteiger partial charge is 0.336 e. The molecule has 0 saturated heterocycles. The summed E-state index contributed by atoms with van der Waals surface area (Å²) < 4.78 is 0. The maximum absolute atomic E-state index is 11.4. The molecule has 0 amide bonds. The van der Waals surface area contributed by atoms with Crippen molar-refractivity contribution in [2.75, 3.05) is 10.6 Å². The molecule has 1 heterocycles. The van der Waals surface area contributed by atoms with E-state index in [2.05, 4.69) is 35.8 Å². The summed E-state index contributed by atoms with van der Waals surface area (Å²) in [5, 5.41) is 23.8. The Balaban J connectivity index is 1.60. The van der Waals surface area contributed by atoms with Crippen molar-refractivity contribution in [1.82, 2.24) is 15.0 Å². The molecule has 0 fully saturated rings. The highest BCUT2D eigenvalue weighted by Crippen LogP contribution is 2.20. The standard InChI is InChI=1S/C23H19N7O2/c31-20(32)19-14-8-7-9-16(19)15-24-30-23-28-21(25-17-10-3-1-4-11-17)27-22(29-23)26-18-12-5-2-6-13-18/h1-14H,15H2,(H,31,32)(H2,25,26,27,28,29). The van der Waals surface area contributed by atoms with Gasteiger partial charge in [0, 0.05) is 11.4 Å². The first-order valence-electron chi connectivity index (χ1n) is 9.76. The summed E-state index contributed by atoms with van der Waals surface area (Å²) in [6.07, 6.45) is 0. The summed E-state index contributed by atoms with van der Waals surface area (Å²) >= 11 is 0. The second kappa shape index (κ2) is 9.90. The third-order valence-electron chi connectivity index (χ3n) is 4.33. The molecule has 0 aliphatic heterocycles. The number of azo groups is 1. The normalized spacial score (nSPS) is 10.8. The Morgan fingerprint density at radius 3 is 1.84 bits per heavy atom. The van der Waals surface area contributed by atoms with Crippen LogP contribution in [0, 0.1) is 0 Å². The fourth-order valence-corrected chi connectivity index (χ4v) is 2.86. The highest BCUT2D eigenvalue weighted by molar-refractivity contribution is 5.89. The van der Waals surface area contributed by atoms with Crippen LogP contribution in [0.1, 0.15) is 15.9 Å². The lowest BCUT2D eigenvalue weighted by atomic mass is 10.1. The van der Waals surface area contributed by atoms with Crippen molar-refractivity contribution >= 4 is 35.2 Å². The van der Waals surface area contributed by atoms with Crippen LogP contribution in [0.3, 0.4) is 0 Å². The molecule has 9 heteroatoms. The van der Waals surface area contributed by atoms with Crippen molar-refractivity contribution in [3.8, 4) is 0 Å². The van der Waals surface area contributed by atoms with Gasteiger partial charge in [-0.15, -0.1) is 5.11 Å². The molecular weight excluding hydrogens is 406 g/mol. The first-order valence-corrected chi connectivity index (χ1v) is 9.76. The minimum absolute atomic E-state index is 0.0804. The largest absolute Gasteiger partial charge is 0.478 e. The summed E-state index contributed by atoms with van der Waals surface area (Å²) in [5.41, 5.74) is 2.34. The Hall–Kier alpha value is -4.66. The number of aromatic carboxylic acids is 1. The van der Waals surface area contributed by atoms with Crippen molar-refractivity contribution in [2.45, 2.75) is 6.54 Å². The van der Waals surface area contributed by atoms with Crippen molar-refractivity contribution in [2.24, 2.45) is 10.2 Å². The van der Waals surface area contributed by atoms with Crippen LogP contribution in [-0.4, -0.2) is 26.0 Å². The van der Waals surface area contributed by atoms with Crippen LogP contribution in [0.2, 0.25) is 0 Å². The molecule has 0 atom stereocenters. The Bertz CT molecular complexity index is 1170. The van der Waals surface area contributed by atoms with Gasteiger partial charge in [0.05, 0.1) is 12.1 Å². The molecule has 158 valence electrons. The Morgan fingerprint density at radius 1 is 0.750 bits per heavy atom. The number of benzene rings is 3. The molecule has 0 radical (unpaired) electrons. The maximum Gasteiger partial charge on any atom is 0.336 e. The number of para-hydroxylation sites is 2. The lowest BCUT2D eigenvalue weighted by molar-refractivity contribution is 0.0695. The van der Waals surface area contributed by atoms with Crippen LogP contribution >= 0.6 is 0 Å². The second-order valence-corrected chi connectivity index (χ2v) is 6.63. The SMILES string of the molecule is O=C(O)c1ccccc1CN=Nc1nc(Nc2ccccc2)nc(Nc2ccccc2)n1. The van der Waals surface area contributed by atoms with Gasteiger partial charge in [0.1, 0.15) is 0 Å². The summed E-state index contributed by atoms with van der Waals surface area (Å²) in [6.45, 7) is 0.0804. The van der Waals surface area contributed by atoms with Gasteiger partial charge >= 0.3 is 5.97 Å². The van der Waals surface area contributed by atoms with Gasteiger partial charge in [-0.3, -0.25) is 0 Å². The quantitative estimate of drug-likeness (QED) is 0.325. The fourth-order valence-electron chi connectivity index (χ4n) is 2.86. The molecule has 4 aromatic rings. The van der Waals surface area contributed by atoms with Gasteiger partial charge in [-0.2, -0.15) is 20.1 Å². The van der Waals surface area contributed by atoms with Gasteiger partial charge in [-0.1, -0.05) is 54.6 Å². The Labute approximate surface area is 183 Å². The maximum atomic E-state index is 11.4. The molecule has 0 bridgehead atoms. The van der Waals surface area contributed by atoms with Crippen LogP contribution in [-0.2, 0) is 6.54 Å². The summed E-state index contributed by atoms with van der Waals surface area (Å²) in [6, 6.07) is 25.6. The topological polar surface area (TPSA) is 125 Å². The molecule has 0 aliphatic carbocycles. The zero-order valence-electron chi connectivity index (χ0n) is 16.9. The van der Waals surface area contributed by atoms with Crippen molar-refractivity contribution in [1.29, 1.82) is 0 Å². The molecule has 3 N–H and O–H groups in total. The minimum Gasteiger partial charge on any atom is -0.478 e. The zero-order valence-corrected chi connectivity index (χ0v) is 16.9. The van der Waals surface area contributed by atoms with E-state index in [-0.39, 0.29) is 18.1 Å². The number of carboxylic acids is 1. The van der Waals surface area contributed by atoms with Gasteiger partial charge in [-0.05, 0) is 35.9 Å². The van der Waals surface area contributed by atoms with Crippen LogP contribution in [0.5, 0.6) is 0 Å². The number of rotatable bonds is 8. The zero-order chi connectivity index (χ0) is 22.2. The molecule has 32 heavy (non-hydrogen) atoms. The molecule has 9 nitrogen and oxygen atoms in total. The number of carboxylic acid groups (broad SMARTS) is 1. The number of hydrogen-bond donors (Lipinski definition) is 3. The van der Waals surface area contributed by atoms with Crippen LogP contribution in [0.25, 0.3) is 0 Å². The predicted octanol–water partition coefficient (Wildman–Crippen LogP) is 5.34. The lowest BCUT2D eigenvalue weighted by Crippen LogP contribution is -2.03. The average Bonchev–Trinajstić information content (AvgIpc) is 2.80. The molecule has 1 aromatic heterocycles. The summed E-state index contributed by atoms with van der Waals surface area (Å²) in [7, 11) is 0. The Morgan fingerprint density at radius 2 is 1.28 bits per heavy atom. The number of anilines is 4. The van der Waals surface area contributed by atoms with E-state index in [1.807, 2.05) is 60.7 Å². The van der Waals surface area contributed by atoms with Gasteiger partial charge in [-0.25, -0.2) is 4.79 Å². The Kier molecular flexibility index (Phi) is 6.37. The minimum atomic E-state index is -1.01. The molecule has 0 unspecified atom stereocenters. The summed E-state index contributed by atoms with van der Waals surface area (Å²) in [4.78, 5) is 24.4. The molecule has 0 saturated carbocycles. The first-order chi connectivity index (χ1) is 15.7. The second-order valence-electron chi connectivity index (χ2n) is 6.63. The van der Waals surface area contributed by atoms with E-state index in [0.717, 1.165) is 11.4 Å². The number of nitrogens with zero attached hydrogens (tertiary/aromatic N) is 5. The van der Waals surface area contributed by atoms with Crippen molar-refractivity contribution < 1.29 is 9.90 Å². The van der Waals surface area contributed by atoms with Crippen LogP contribution in [0.4, 0.5) is 29.2 Å². The lowest BCUT2D eigenvalue weighted by Gasteiger charge is -2.08. The van der Waals surface area contributed by atoms with E-state index in [1.165, 1.54) is 6.07 Å².